The molecule has 140 valence electrons. The monoisotopic (exact) mass is 417 g/mol. The molecule has 0 unspecified atom stereocenters. The van der Waals surface area contributed by atoms with Crippen LogP contribution in [0.15, 0.2) is 52.9 Å². The van der Waals surface area contributed by atoms with Gasteiger partial charge in [-0.15, -0.1) is 10.2 Å². The van der Waals surface area contributed by atoms with Gasteiger partial charge in [-0.3, -0.25) is 4.79 Å². The highest BCUT2D eigenvalue weighted by molar-refractivity contribution is 8.02. The molecule has 0 amide bonds. The minimum Gasteiger partial charge on any atom is -0.330 e. The average molecular weight is 418 g/mol. The van der Waals surface area contributed by atoms with Crippen LogP contribution in [0.3, 0.4) is 0 Å². The van der Waals surface area contributed by atoms with Gasteiger partial charge in [-0.1, -0.05) is 60.7 Å². The largest absolute Gasteiger partial charge is 0.330 e. The molecule has 0 radical (unpaired) electrons. The highest BCUT2D eigenvalue weighted by Crippen LogP contribution is 2.32. The molecule has 4 nitrogen and oxygen atoms in total. The number of thioether (sulfide) groups is 1. The lowest BCUT2D eigenvalue weighted by Gasteiger charge is -2.08. The SMILES string of the molecule is CC(C)c1ccc(Nc2nnc(S[C@@H](C)C(=O)c3ccc(Cl)cc3)s2)cc1. The number of Topliss-reactive ketones (excluding diaryl/α,β-unsaturated/α-hetero) is 1. The fourth-order valence-electron chi connectivity index (χ4n) is 2.44. The first-order valence-corrected chi connectivity index (χ1v) is 10.7. The van der Waals surface area contributed by atoms with E-state index in [9.17, 15) is 4.79 Å². The Morgan fingerprint density at radius 2 is 1.70 bits per heavy atom. The lowest BCUT2D eigenvalue weighted by molar-refractivity contribution is 0.0994. The van der Waals surface area contributed by atoms with Crippen molar-refractivity contribution in [3.8, 4) is 0 Å². The third-order valence-corrected chi connectivity index (χ3v) is 6.29. The molecule has 1 aromatic heterocycles. The van der Waals surface area contributed by atoms with Gasteiger partial charge in [0.1, 0.15) is 0 Å². The van der Waals surface area contributed by atoms with Crippen LogP contribution in [0.2, 0.25) is 5.02 Å². The van der Waals surface area contributed by atoms with Gasteiger partial charge >= 0.3 is 0 Å². The predicted molar refractivity (Wildman–Crippen MR) is 115 cm³/mol. The van der Waals surface area contributed by atoms with Gasteiger partial charge in [-0.2, -0.15) is 0 Å². The summed E-state index contributed by atoms with van der Waals surface area (Å²) in [5.74, 6) is 0.550. The number of rotatable bonds is 7. The van der Waals surface area contributed by atoms with E-state index < -0.39 is 0 Å². The molecule has 0 aliphatic rings. The molecule has 0 spiro atoms. The number of hydrogen-bond donors (Lipinski definition) is 1. The van der Waals surface area contributed by atoms with Crippen LogP contribution < -0.4 is 5.32 Å². The van der Waals surface area contributed by atoms with Gasteiger partial charge in [-0.05, 0) is 54.8 Å². The van der Waals surface area contributed by atoms with Gasteiger partial charge in [0.25, 0.3) is 0 Å². The van der Waals surface area contributed by atoms with Crippen molar-refractivity contribution in [2.24, 2.45) is 0 Å². The number of halogens is 1. The summed E-state index contributed by atoms with van der Waals surface area (Å²) in [5, 5.41) is 12.7. The maximum absolute atomic E-state index is 12.5. The molecule has 0 bridgehead atoms. The van der Waals surface area contributed by atoms with E-state index >= 15 is 0 Å². The molecule has 0 saturated heterocycles. The Kier molecular flexibility index (Phi) is 6.52. The molecular formula is C20H20ClN3OS2. The van der Waals surface area contributed by atoms with Crippen molar-refractivity contribution in [1.29, 1.82) is 0 Å². The number of nitrogens with zero attached hydrogens (tertiary/aromatic N) is 2. The van der Waals surface area contributed by atoms with E-state index in [4.69, 9.17) is 11.6 Å². The summed E-state index contributed by atoms with van der Waals surface area (Å²) in [6.45, 7) is 6.22. The fourth-order valence-corrected chi connectivity index (χ4v) is 4.56. The second-order valence-electron chi connectivity index (χ2n) is 6.41. The second kappa shape index (κ2) is 8.87. The van der Waals surface area contributed by atoms with Crippen LogP contribution in [0.1, 0.15) is 42.6 Å². The van der Waals surface area contributed by atoms with Crippen molar-refractivity contribution in [3.05, 3.63) is 64.7 Å². The first kappa shape index (κ1) is 19.9. The maximum atomic E-state index is 12.5. The Morgan fingerprint density at radius 1 is 1.04 bits per heavy atom. The van der Waals surface area contributed by atoms with Crippen LogP contribution in [-0.2, 0) is 0 Å². The number of anilines is 2. The van der Waals surface area contributed by atoms with Gasteiger partial charge in [-0.25, -0.2) is 0 Å². The summed E-state index contributed by atoms with van der Waals surface area (Å²) in [5.41, 5.74) is 2.91. The summed E-state index contributed by atoms with van der Waals surface area (Å²) >= 11 is 8.73. The molecule has 1 atom stereocenters. The van der Waals surface area contributed by atoms with Crippen molar-refractivity contribution in [2.45, 2.75) is 36.3 Å². The van der Waals surface area contributed by atoms with Crippen LogP contribution in [0.5, 0.6) is 0 Å². The number of hydrogen-bond acceptors (Lipinski definition) is 6. The summed E-state index contributed by atoms with van der Waals surface area (Å²) < 4.78 is 0.756. The molecule has 1 heterocycles. The lowest BCUT2D eigenvalue weighted by Crippen LogP contribution is -2.13. The number of nitrogens with one attached hydrogen (secondary N) is 1. The molecule has 7 heteroatoms. The van der Waals surface area contributed by atoms with Crippen LogP contribution >= 0.6 is 34.7 Å². The van der Waals surface area contributed by atoms with E-state index in [-0.39, 0.29) is 11.0 Å². The number of ketones is 1. The van der Waals surface area contributed by atoms with Gasteiger partial charge in [0.05, 0.1) is 5.25 Å². The maximum Gasteiger partial charge on any atom is 0.210 e. The van der Waals surface area contributed by atoms with E-state index in [0.29, 0.717) is 21.6 Å². The lowest BCUT2D eigenvalue weighted by atomic mass is 10.0. The predicted octanol–water partition coefficient (Wildman–Crippen LogP) is 6.42. The van der Waals surface area contributed by atoms with Crippen molar-refractivity contribution < 1.29 is 4.79 Å². The molecule has 0 aliphatic carbocycles. The Morgan fingerprint density at radius 3 is 2.33 bits per heavy atom. The molecule has 2 aromatic carbocycles. The highest BCUT2D eigenvalue weighted by Gasteiger charge is 2.19. The standard InChI is InChI=1S/C20H20ClN3OS2/c1-12(2)14-6-10-17(11-7-14)22-19-23-24-20(27-19)26-13(3)18(25)15-4-8-16(21)9-5-15/h4-13H,1-3H3,(H,22,23)/t13-/m0/s1. The summed E-state index contributed by atoms with van der Waals surface area (Å²) in [4.78, 5) is 12.5. The van der Waals surface area contributed by atoms with Gasteiger partial charge < -0.3 is 5.32 Å². The smallest absolute Gasteiger partial charge is 0.210 e. The van der Waals surface area contributed by atoms with Crippen LogP contribution in [0, 0.1) is 0 Å². The highest BCUT2D eigenvalue weighted by atomic mass is 35.5. The fraction of sp³-hybridized carbons (Fsp3) is 0.250. The minimum atomic E-state index is -0.252. The molecule has 3 rings (SSSR count). The van der Waals surface area contributed by atoms with Crippen LogP contribution in [0.25, 0.3) is 0 Å². The molecule has 1 N–H and O–H groups in total. The zero-order valence-electron chi connectivity index (χ0n) is 15.3. The van der Waals surface area contributed by atoms with Crippen LogP contribution in [0.4, 0.5) is 10.8 Å². The second-order valence-corrected chi connectivity index (χ2v) is 9.41. The molecule has 0 aliphatic heterocycles. The first-order chi connectivity index (χ1) is 12.9. The Balaban J connectivity index is 1.61. The number of aromatic nitrogens is 2. The topological polar surface area (TPSA) is 54.9 Å². The molecule has 0 saturated carbocycles. The molecule has 3 aromatic rings. The molecule has 0 fully saturated rings. The number of benzene rings is 2. The zero-order valence-corrected chi connectivity index (χ0v) is 17.7. The Bertz CT molecular complexity index is 908. The third-order valence-electron chi connectivity index (χ3n) is 4.01. The first-order valence-electron chi connectivity index (χ1n) is 8.59. The number of carbonyl (C=O) groups excluding carboxylic acids is 1. The average Bonchev–Trinajstić information content (AvgIpc) is 3.09. The van der Waals surface area contributed by atoms with Crippen molar-refractivity contribution in [1.82, 2.24) is 10.2 Å². The van der Waals surface area contributed by atoms with Crippen LogP contribution in [-0.4, -0.2) is 21.2 Å². The van der Waals surface area contributed by atoms with E-state index in [1.54, 1.807) is 24.3 Å². The Labute approximate surface area is 172 Å². The molecular weight excluding hydrogens is 398 g/mol. The summed E-state index contributed by atoms with van der Waals surface area (Å²) in [6.07, 6.45) is 0. The molecule has 27 heavy (non-hydrogen) atoms. The Hall–Kier alpha value is -1.89. The quantitative estimate of drug-likeness (QED) is 0.355. The van der Waals surface area contributed by atoms with Crippen molar-refractivity contribution in [2.75, 3.05) is 5.32 Å². The van der Waals surface area contributed by atoms with E-state index in [1.807, 2.05) is 19.1 Å². The number of carbonyl (C=O) groups is 1. The van der Waals surface area contributed by atoms with E-state index in [2.05, 4.69) is 41.5 Å². The summed E-state index contributed by atoms with van der Waals surface area (Å²) in [7, 11) is 0. The third kappa shape index (κ3) is 5.31. The van der Waals surface area contributed by atoms with Gasteiger partial charge in [0, 0.05) is 16.3 Å². The van der Waals surface area contributed by atoms with Gasteiger partial charge in [0.2, 0.25) is 5.13 Å². The van der Waals surface area contributed by atoms with Crippen molar-refractivity contribution in [3.63, 3.8) is 0 Å². The van der Waals surface area contributed by atoms with Crippen molar-refractivity contribution >= 4 is 51.3 Å². The van der Waals surface area contributed by atoms with E-state index in [0.717, 1.165) is 10.0 Å². The normalized spacial score (nSPS) is 12.2. The van der Waals surface area contributed by atoms with Gasteiger partial charge in [0.15, 0.2) is 10.1 Å². The zero-order chi connectivity index (χ0) is 19.4. The van der Waals surface area contributed by atoms with E-state index in [1.165, 1.54) is 28.7 Å². The summed E-state index contributed by atoms with van der Waals surface area (Å²) in [6, 6.07) is 15.2. The minimum absolute atomic E-state index is 0.0469.